The lowest BCUT2D eigenvalue weighted by atomic mass is 9.30. The SMILES string of the molecule is CC1C(=O)CCC2C1(C)CCC1C2(C)CCC2(C)C3CC(C)(C=O)CCC3(C)CCC12C. The van der Waals surface area contributed by atoms with E-state index in [9.17, 15) is 9.59 Å². The zero-order valence-electron chi connectivity index (χ0n) is 22.0. The number of fused-ring (bicyclic) bond motifs is 7. The van der Waals surface area contributed by atoms with E-state index in [1.54, 1.807) is 0 Å². The Balaban J connectivity index is 1.55. The van der Waals surface area contributed by atoms with Crippen LogP contribution < -0.4 is 0 Å². The lowest BCUT2D eigenvalue weighted by Crippen LogP contribution is -2.67. The van der Waals surface area contributed by atoms with Gasteiger partial charge in [-0.3, -0.25) is 4.79 Å². The molecule has 32 heavy (non-hydrogen) atoms. The van der Waals surface area contributed by atoms with Crippen LogP contribution in [0, 0.1) is 56.2 Å². The zero-order chi connectivity index (χ0) is 23.4. The van der Waals surface area contributed by atoms with Gasteiger partial charge < -0.3 is 4.79 Å². The summed E-state index contributed by atoms with van der Waals surface area (Å²) in [7, 11) is 0. The topological polar surface area (TPSA) is 34.1 Å². The molecule has 0 aromatic heterocycles. The van der Waals surface area contributed by atoms with Crippen molar-refractivity contribution in [3.63, 3.8) is 0 Å². The molecule has 5 saturated carbocycles. The summed E-state index contributed by atoms with van der Waals surface area (Å²) in [4.78, 5) is 24.8. The van der Waals surface area contributed by atoms with Gasteiger partial charge in [-0.15, -0.1) is 0 Å². The van der Waals surface area contributed by atoms with Crippen LogP contribution in [0.3, 0.4) is 0 Å². The van der Waals surface area contributed by atoms with Gasteiger partial charge in [0.05, 0.1) is 0 Å². The maximum atomic E-state index is 12.7. The second-order valence-electron chi connectivity index (χ2n) is 14.9. The van der Waals surface area contributed by atoms with E-state index in [4.69, 9.17) is 0 Å². The number of hydrogen-bond acceptors (Lipinski definition) is 2. The van der Waals surface area contributed by atoms with Gasteiger partial charge in [-0.05, 0) is 109 Å². The molecule has 0 bridgehead atoms. The molecular formula is C30H48O2. The van der Waals surface area contributed by atoms with Gasteiger partial charge in [-0.2, -0.15) is 0 Å². The van der Waals surface area contributed by atoms with Crippen LogP contribution in [0.25, 0.3) is 0 Å². The predicted molar refractivity (Wildman–Crippen MR) is 130 cm³/mol. The molecule has 2 heteroatoms. The molecule has 0 amide bonds. The van der Waals surface area contributed by atoms with E-state index in [-0.39, 0.29) is 16.7 Å². The highest BCUT2D eigenvalue weighted by Gasteiger charge is 2.71. The fourth-order valence-electron chi connectivity index (χ4n) is 11.1. The third-order valence-corrected chi connectivity index (χ3v) is 13.8. The quantitative estimate of drug-likeness (QED) is 0.393. The molecule has 0 N–H and O–H groups in total. The number of hydrogen-bond donors (Lipinski definition) is 0. The minimum absolute atomic E-state index is 0.128. The van der Waals surface area contributed by atoms with Crippen molar-refractivity contribution in [2.24, 2.45) is 56.2 Å². The van der Waals surface area contributed by atoms with Gasteiger partial charge in [-0.1, -0.05) is 48.5 Å². The summed E-state index contributed by atoms with van der Waals surface area (Å²) in [5, 5.41) is 0. The summed E-state index contributed by atoms with van der Waals surface area (Å²) >= 11 is 0. The van der Waals surface area contributed by atoms with Crippen molar-refractivity contribution in [3.8, 4) is 0 Å². The Bertz CT molecular complexity index is 833. The van der Waals surface area contributed by atoms with Crippen molar-refractivity contribution in [1.29, 1.82) is 0 Å². The van der Waals surface area contributed by atoms with Crippen LogP contribution in [0.4, 0.5) is 0 Å². The van der Waals surface area contributed by atoms with Gasteiger partial charge in [0.25, 0.3) is 0 Å². The number of carbonyl (C=O) groups excluding carboxylic acids is 2. The molecule has 5 fully saturated rings. The van der Waals surface area contributed by atoms with Crippen LogP contribution in [0.2, 0.25) is 0 Å². The molecule has 5 aliphatic carbocycles. The average Bonchev–Trinajstić information content (AvgIpc) is 2.75. The largest absolute Gasteiger partial charge is 0.303 e. The smallest absolute Gasteiger partial charge is 0.136 e. The van der Waals surface area contributed by atoms with E-state index in [0.29, 0.717) is 39.3 Å². The van der Waals surface area contributed by atoms with E-state index < -0.39 is 0 Å². The Labute approximate surface area is 197 Å². The second-order valence-corrected chi connectivity index (χ2v) is 14.9. The molecule has 5 aliphatic rings. The molecule has 10 atom stereocenters. The van der Waals surface area contributed by atoms with Crippen molar-refractivity contribution in [2.45, 2.75) is 119 Å². The fourth-order valence-corrected chi connectivity index (χ4v) is 11.1. The van der Waals surface area contributed by atoms with E-state index in [1.807, 2.05) is 0 Å². The van der Waals surface area contributed by atoms with Crippen molar-refractivity contribution in [2.75, 3.05) is 0 Å². The molecule has 0 saturated heterocycles. The maximum absolute atomic E-state index is 12.7. The average molecular weight is 441 g/mol. The normalized spacial score (nSPS) is 59.9. The Kier molecular flexibility index (Phi) is 4.85. The zero-order valence-corrected chi connectivity index (χ0v) is 22.0. The van der Waals surface area contributed by atoms with Gasteiger partial charge in [0, 0.05) is 17.8 Å². The minimum atomic E-state index is -0.128. The third-order valence-electron chi connectivity index (χ3n) is 13.8. The van der Waals surface area contributed by atoms with Gasteiger partial charge in [-0.25, -0.2) is 0 Å². The lowest BCUT2D eigenvalue weighted by molar-refractivity contribution is -0.255. The van der Waals surface area contributed by atoms with Crippen LogP contribution >= 0.6 is 0 Å². The number of rotatable bonds is 1. The molecular weight excluding hydrogens is 392 g/mol. The van der Waals surface area contributed by atoms with Crippen molar-refractivity contribution >= 4 is 12.1 Å². The van der Waals surface area contributed by atoms with E-state index in [1.165, 1.54) is 51.2 Å². The summed E-state index contributed by atoms with van der Waals surface area (Å²) in [5.74, 6) is 2.83. The van der Waals surface area contributed by atoms with Crippen LogP contribution in [0.15, 0.2) is 0 Å². The Hall–Kier alpha value is -0.660. The molecule has 0 aromatic rings. The van der Waals surface area contributed by atoms with E-state index >= 15 is 0 Å². The molecule has 0 spiro atoms. The lowest BCUT2D eigenvalue weighted by Gasteiger charge is -2.74. The number of Topliss-reactive ketones (excluding diaryl/α,β-unsaturated/α-hetero) is 1. The second kappa shape index (κ2) is 6.72. The van der Waals surface area contributed by atoms with Crippen LogP contribution in [0.5, 0.6) is 0 Å². The first kappa shape index (κ1) is 23.1. The number of carbonyl (C=O) groups is 2. The van der Waals surface area contributed by atoms with Gasteiger partial charge in [0.1, 0.15) is 12.1 Å². The summed E-state index contributed by atoms with van der Waals surface area (Å²) in [6.07, 6.45) is 14.4. The van der Waals surface area contributed by atoms with Crippen molar-refractivity contribution < 1.29 is 9.59 Å². The molecule has 5 rings (SSSR count). The summed E-state index contributed by atoms with van der Waals surface area (Å²) in [6, 6.07) is 0. The third kappa shape index (κ3) is 2.65. The highest BCUT2D eigenvalue weighted by atomic mass is 16.1. The molecule has 0 aliphatic heterocycles. The molecule has 0 radical (unpaired) electrons. The highest BCUT2D eigenvalue weighted by molar-refractivity contribution is 5.82. The fraction of sp³-hybridized carbons (Fsp3) is 0.933. The summed E-state index contributed by atoms with van der Waals surface area (Å²) < 4.78 is 0. The van der Waals surface area contributed by atoms with Gasteiger partial charge >= 0.3 is 0 Å². The molecule has 2 nitrogen and oxygen atoms in total. The monoisotopic (exact) mass is 440 g/mol. The van der Waals surface area contributed by atoms with E-state index in [2.05, 4.69) is 48.5 Å². The van der Waals surface area contributed by atoms with E-state index in [0.717, 1.165) is 31.6 Å². The first-order valence-electron chi connectivity index (χ1n) is 13.8. The van der Waals surface area contributed by atoms with Crippen LogP contribution in [0.1, 0.15) is 119 Å². The summed E-state index contributed by atoms with van der Waals surface area (Å²) in [6.45, 7) is 17.4. The van der Waals surface area contributed by atoms with Crippen LogP contribution in [-0.4, -0.2) is 12.1 Å². The highest BCUT2D eigenvalue weighted by Crippen LogP contribution is 2.78. The Morgan fingerprint density at radius 1 is 0.719 bits per heavy atom. The van der Waals surface area contributed by atoms with Crippen LogP contribution in [-0.2, 0) is 9.59 Å². The summed E-state index contributed by atoms with van der Waals surface area (Å²) in [5.41, 5.74) is 1.48. The standard InChI is InChI=1S/C30H48O2/c1-20-21(32)8-9-22-27(20,4)11-10-23-28(22,5)15-17-30(7)24-18-25(2,19-31)12-13-26(24,3)14-16-29(23,30)6/h19-20,22-24H,8-18H2,1-7H3. The van der Waals surface area contributed by atoms with Crippen molar-refractivity contribution in [3.05, 3.63) is 0 Å². The molecule has 10 unspecified atom stereocenters. The predicted octanol–water partition coefficient (Wildman–Crippen LogP) is 7.64. The molecule has 0 aromatic carbocycles. The molecule has 180 valence electrons. The van der Waals surface area contributed by atoms with Gasteiger partial charge in [0.2, 0.25) is 0 Å². The first-order valence-corrected chi connectivity index (χ1v) is 13.8. The number of ketones is 1. The number of aldehydes is 1. The minimum Gasteiger partial charge on any atom is -0.303 e. The van der Waals surface area contributed by atoms with Gasteiger partial charge in [0.15, 0.2) is 0 Å². The Morgan fingerprint density at radius 2 is 1.34 bits per heavy atom. The van der Waals surface area contributed by atoms with Crippen molar-refractivity contribution in [1.82, 2.24) is 0 Å². The molecule has 0 heterocycles. The first-order chi connectivity index (χ1) is 14.8. The maximum Gasteiger partial charge on any atom is 0.136 e. The Morgan fingerprint density at radius 3 is 2.03 bits per heavy atom.